The van der Waals surface area contributed by atoms with Crippen molar-refractivity contribution in [3.63, 3.8) is 0 Å². The van der Waals surface area contributed by atoms with Crippen molar-refractivity contribution in [1.29, 1.82) is 0 Å². The maximum Gasteiger partial charge on any atom is 0.106 e. The maximum absolute atomic E-state index is 4.94. The van der Waals surface area contributed by atoms with Crippen molar-refractivity contribution in [2.45, 2.75) is 79.3 Å². The smallest absolute Gasteiger partial charge is 0.106 e. The first kappa shape index (κ1) is 26.9. The minimum Gasteiger partial charge on any atom is -0.381 e. The second-order valence-electron chi connectivity index (χ2n) is 11.7. The molecule has 0 spiro atoms. The summed E-state index contributed by atoms with van der Waals surface area (Å²) in [5, 5.41) is 5.57. The van der Waals surface area contributed by atoms with Gasteiger partial charge in [0.1, 0.15) is 13.1 Å². The Morgan fingerprint density at radius 3 is 1.50 bits per heavy atom. The second kappa shape index (κ2) is 12.0. The molecule has 0 amide bonds. The molecule has 0 atom stereocenters. The van der Waals surface area contributed by atoms with Crippen molar-refractivity contribution in [3.8, 4) is 11.1 Å². The van der Waals surface area contributed by atoms with Crippen LogP contribution >= 0.6 is 0 Å². The van der Waals surface area contributed by atoms with E-state index >= 15 is 0 Å². The third-order valence-electron chi connectivity index (χ3n) is 8.80. The molecule has 1 saturated heterocycles. The molecule has 1 fully saturated rings. The van der Waals surface area contributed by atoms with Crippen molar-refractivity contribution < 1.29 is 9.22 Å². The SMILES string of the molecule is C1CCOC1.CCCC[N+]1(CCCC)Cc2c(C)cc3ccccc3c2-c2c(c(C)cc3ccccc23)C1. The molecule has 2 aliphatic rings. The van der Waals surface area contributed by atoms with Gasteiger partial charge in [0.05, 0.1) is 13.1 Å². The van der Waals surface area contributed by atoms with Gasteiger partial charge in [-0.1, -0.05) is 87.4 Å². The summed E-state index contributed by atoms with van der Waals surface area (Å²) in [5.74, 6) is 0. The van der Waals surface area contributed by atoms with Crippen LogP contribution in [-0.4, -0.2) is 30.8 Å². The fourth-order valence-corrected chi connectivity index (χ4v) is 6.69. The Labute approximate surface area is 230 Å². The van der Waals surface area contributed by atoms with E-state index in [2.05, 4.69) is 88.4 Å². The van der Waals surface area contributed by atoms with E-state index in [9.17, 15) is 0 Å². The van der Waals surface area contributed by atoms with Gasteiger partial charge < -0.3 is 9.22 Å². The van der Waals surface area contributed by atoms with Gasteiger partial charge in [0.2, 0.25) is 0 Å². The second-order valence-corrected chi connectivity index (χ2v) is 11.7. The molecule has 6 rings (SSSR count). The summed E-state index contributed by atoms with van der Waals surface area (Å²) >= 11 is 0. The van der Waals surface area contributed by atoms with Gasteiger partial charge in [-0.15, -0.1) is 0 Å². The monoisotopic (exact) mass is 508 g/mol. The first-order valence-corrected chi connectivity index (χ1v) is 15.0. The number of hydrogen-bond donors (Lipinski definition) is 0. The molecule has 0 N–H and O–H groups in total. The van der Waals surface area contributed by atoms with E-state index in [0.29, 0.717) is 0 Å². The van der Waals surface area contributed by atoms with Gasteiger partial charge in [-0.05, 0) is 83.3 Å². The fraction of sp³-hybridized carbons (Fsp3) is 0.444. The maximum atomic E-state index is 4.94. The fourth-order valence-electron chi connectivity index (χ4n) is 6.69. The average Bonchev–Trinajstić information content (AvgIpc) is 3.48. The molecule has 0 saturated carbocycles. The predicted molar refractivity (Wildman–Crippen MR) is 164 cm³/mol. The number of aryl methyl sites for hydroxylation is 2. The average molecular weight is 509 g/mol. The Morgan fingerprint density at radius 2 is 1.11 bits per heavy atom. The number of rotatable bonds is 6. The first-order valence-electron chi connectivity index (χ1n) is 15.0. The molecular formula is C36H46NO+. The number of fused-ring (bicyclic) bond motifs is 7. The highest BCUT2D eigenvalue weighted by molar-refractivity contribution is 6.08. The van der Waals surface area contributed by atoms with Gasteiger partial charge in [0.15, 0.2) is 0 Å². The van der Waals surface area contributed by atoms with E-state index in [0.717, 1.165) is 26.3 Å². The molecule has 2 nitrogen and oxygen atoms in total. The van der Waals surface area contributed by atoms with Gasteiger partial charge in [-0.2, -0.15) is 0 Å². The van der Waals surface area contributed by atoms with Gasteiger partial charge in [-0.3, -0.25) is 0 Å². The minimum absolute atomic E-state index is 1.00. The number of benzene rings is 4. The summed E-state index contributed by atoms with van der Waals surface area (Å²) in [6, 6.07) is 23.0. The van der Waals surface area contributed by atoms with Gasteiger partial charge in [0, 0.05) is 24.3 Å². The Bertz CT molecular complexity index is 1290. The van der Waals surface area contributed by atoms with Crippen LogP contribution in [0.1, 0.15) is 74.6 Å². The van der Waals surface area contributed by atoms with Crippen molar-refractivity contribution in [3.05, 3.63) is 82.9 Å². The zero-order valence-electron chi connectivity index (χ0n) is 24.1. The zero-order valence-corrected chi connectivity index (χ0v) is 24.1. The largest absolute Gasteiger partial charge is 0.381 e. The van der Waals surface area contributed by atoms with E-state index in [1.807, 2.05) is 0 Å². The molecule has 2 aliphatic heterocycles. The van der Waals surface area contributed by atoms with Crippen LogP contribution in [0.2, 0.25) is 0 Å². The highest BCUT2D eigenvalue weighted by Crippen LogP contribution is 2.46. The van der Waals surface area contributed by atoms with Crippen LogP contribution in [0.3, 0.4) is 0 Å². The van der Waals surface area contributed by atoms with E-state index in [4.69, 9.17) is 4.74 Å². The van der Waals surface area contributed by atoms with E-state index in [1.54, 1.807) is 11.1 Å². The highest BCUT2D eigenvalue weighted by atomic mass is 16.5. The topological polar surface area (TPSA) is 9.23 Å². The van der Waals surface area contributed by atoms with Crippen LogP contribution in [0.5, 0.6) is 0 Å². The Balaban J connectivity index is 0.000000529. The van der Waals surface area contributed by atoms with Gasteiger partial charge in [0.25, 0.3) is 0 Å². The van der Waals surface area contributed by atoms with Crippen molar-refractivity contribution in [2.24, 2.45) is 0 Å². The number of ether oxygens (including phenoxy) is 1. The highest BCUT2D eigenvalue weighted by Gasteiger charge is 2.35. The Hall–Kier alpha value is -2.68. The van der Waals surface area contributed by atoms with Crippen LogP contribution in [0.15, 0.2) is 60.7 Å². The van der Waals surface area contributed by atoms with Crippen molar-refractivity contribution in [2.75, 3.05) is 26.3 Å². The van der Waals surface area contributed by atoms with Gasteiger partial charge in [-0.25, -0.2) is 0 Å². The standard InChI is InChI=1S/C32H38N.C4H8O/c1-5-7-17-33(18-8-6-2)21-29-23(3)19-25-13-9-11-15-27(25)31(29)32-28-16-12-10-14-26(28)20-24(4)30(32)22-33;1-2-4-5-3-1/h9-16,19-20H,5-8,17-18,21-22H2,1-4H3;1-4H2/q+1;. The summed E-state index contributed by atoms with van der Waals surface area (Å²) in [4.78, 5) is 0. The Morgan fingerprint density at radius 1 is 0.658 bits per heavy atom. The van der Waals surface area contributed by atoms with Crippen LogP contribution < -0.4 is 0 Å². The third-order valence-corrected chi connectivity index (χ3v) is 8.80. The lowest BCUT2D eigenvalue weighted by Gasteiger charge is -2.39. The molecule has 38 heavy (non-hydrogen) atoms. The number of nitrogens with zero attached hydrogens (tertiary/aromatic N) is 1. The summed E-state index contributed by atoms with van der Waals surface area (Å²) in [6.45, 7) is 16.2. The normalized spacial score (nSPS) is 16.0. The number of hydrogen-bond acceptors (Lipinski definition) is 1. The number of unbranched alkanes of at least 4 members (excludes halogenated alkanes) is 2. The molecule has 4 aromatic carbocycles. The summed E-state index contributed by atoms with van der Waals surface area (Å²) in [6.07, 6.45) is 7.68. The van der Waals surface area contributed by atoms with E-state index < -0.39 is 0 Å². The van der Waals surface area contributed by atoms with Crippen LogP contribution in [0, 0.1) is 13.8 Å². The Kier molecular flexibility index (Phi) is 8.51. The molecule has 2 heteroatoms. The molecule has 4 aromatic rings. The quantitative estimate of drug-likeness (QED) is 0.236. The molecular weight excluding hydrogens is 462 g/mol. The van der Waals surface area contributed by atoms with Crippen molar-refractivity contribution in [1.82, 2.24) is 0 Å². The van der Waals surface area contributed by atoms with E-state index in [-0.39, 0.29) is 0 Å². The zero-order chi connectivity index (χ0) is 26.5. The van der Waals surface area contributed by atoms with Crippen LogP contribution in [0.4, 0.5) is 0 Å². The summed E-state index contributed by atoms with van der Waals surface area (Å²) in [7, 11) is 0. The van der Waals surface area contributed by atoms with Crippen LogP contribution in [-0.2, 0) is 17.8 Å². The molecule has 0 aliphatic carbocycles. The molecule has 200 valence electrons. The first-order chi connectivity index (χ1) is 18.6. The molecule has 0 radical (unpaired) electrons. The van der Waals surface area contributed by atoms with Crippen molar-refractivity contribution >= 4 is 21.5 Å². The molecule has 2 heterocycles. The van der Waals surface area contributed by atoms with Crippen LogP contribution in [0.25, 0.3) is 32.7 Å². The number of quaternary nitrogens is 1. The minimum atomic E-state index is 1.00. The molecule has 0 unspecified atom stereocenters. The lowest BCUT2D eigenvalue weighted by molar-refractivity contribution is -0.953. The predicted octanol–water partition coefficient (Wildman–Crippen LogP) is 9.50. The summed E-state index contributed by atoms with van der Waals surface area (Å²) in [5.41, 5.74) is 9.09. The van der Waals surface area contributed by atoms with Gasteiger partial charge >= 0.3 is 0 Å². The molecule has 0 bridgehead atoms. The third kappa shape index (κ3) is 5.40. The lowest BCUT2D eigenvalue weighted by atomic mass is 9.85. The molecule has 0 aromatic heterocycles. The summed E-state index contributed by atoms with van der Waals surface area (Å²) < 4.78 is 6.14. The van der Waals surface area contributed by atoms with E-state index in [1.165, 1.54) is 99.9 Å². The lowest BCUT2D eigenvalue weighted by Crippen LogP contribution is -2.47.